The lowest BCUT2D eigenvalue weighted by Gasteiger charge is -2.14. The molecule has 0 amide bonds. The average molecular weight is 233 g/mol. The van der Waals surface area contributed by atoms with Crippen LogP contribution in [0.5, 0.6) is 5.75 Å². The van der Waals surface area contributed by atoms with E-state index >= 15 is 0 Å². The van der Waals surface area contributed by atoms with Crippen molar-refractivity contribution in [3.8, 4) is 11.8 Å². The fourth-order valence-electron chi connectivity index (χ4n) is 1.37. The number of ether oxygens (including phenoxy) is 2. The van der Waals surface area contributed by atoms with Crippen LogP contribution in [0.1, 0.15) is 25.8 Å². The van der Waals surface area contributed by atoms with Crippen molar-refractivity contribution in [2.75, 3.05) is 6.61 Å². The first kappa shape index (κ1) is 13.0. The van der Waals surface area contributed by atoms with Gasteiger partial charge in [-0.1, -0.05) is 12.1 Å². The molecule has 0 heterocycles. The van der Waals surface area contributed by atoms with E-state index in [0.29, 0.717) is 17.9 Å². The second kappa shape index (κ2) is 6.54. The molecule has 0 radical (unpaired) electrons. The van der Waals surface area contributed by atoms with Gasteiger partial charge in [-0.05, 0) is 26.0 Å². The van der Waals surface area contributed by atoms with Gasteiger partial charge in [0.2, 0.25) is 0 Å². The van der Waals surface area contributed by atoms with Crippen molar-refractivity contribution in [3.63, 3.8) is 0 Å². The zero-order valence-corrected chi connectivity index (χ0v) is 9.97. The minimum atomic E-state index is -0.316. The van der Waals surface area contributed by atoms with E-state index in [-0.39, 0.29) is 18.5 Å². The van der Waals surface area contributed by atoms with Crippen LogP contribution in [-0.4, -0.2) is 18.7 Å². The first-order chi connectivity index (χ1) is 8.17. The van der Waals surface area contributed by atoms with Crippen LogP contribution < -0.4 is 4.74 Å². The summed E-state index contributed by atoms with van der Waals surface area (Å²) in [7, 11) is 0. The van der Waals surface area contributed by atoms with E-state index in [9.17, 15) is 4.79 Å². The number of hydrogen-bond donors (Lipinski definition) is 0. The van der Waals surface area contributed by atoms with Gasteiger partial charge in [-0.15, -0.1) is 0 Å². The number of benzene rings is 1. The molecule has 0 N–H and O–H groups in total. The van der Waals surface area contributed by atoms with E-state index in [0.717, 1.165) is 0 Å². The SMILES string of the molecule is CCOC(=O)CC(C)Oc1ccccc1C#N. The van der Waals surface area contributed by atoms with Gasteiger partial charge in [-0.25, -0.2) is 0 Å². The van der Waals surface area contributed by atoms with Crippen LogP contribution in [0.25, 0.3) is 0 Å². The second-order valence-corrected chi connectivity index (χ2v) is 3.55. The van der Waals surface area contributed by atoms with Gasteiger partial charge < -0.3 is 9.47 Å². The minimum absolute atomic E-state index is 0.174. The summed E-state index contributed by atoms with van der Waals surface area (Å²) in [4.78, 5) is 11.2. The monoisotopic (exact) mass is 233 g/mol. The highest BCUT2D eigenvalue weighted by Gasteiger charge is 2.12. The quantitative estimate of drug-likeness (QED) is 0.732. The molecule has 0 aliphatic carbocycles. The summed E-state index contributed by atoms with van der Waals surface area (Å²) in [5.41, 5.74) is 0.461. The molecular weight excluding hydrogens is 218 g/mol. The molecule has 0 spiro atoms. The standard InChI is InChI=1S/C13H15NO3/c1-3-16-13(15)8-10(2)17-12-7-5-4-6-11(12)9-14/h4-7,10H,3,8H2,1-2H3. The summed E-state index contributed by atoms with van der Waals surface area (Å²) in [5.74, 6) is 0.196. The third-order valence-corrected chi connectivity index (χ3v) is 2.10. The maximum absolute atomic E-state index is 11.2. The third-order valence-electron chi connectivity index (χ3n) is 2.10. The largest absolute Gasteiger partial charge is 0.489 e. The highest BCUT2D eigenvalue weighted by molar-refractivity contribution is 5.69. The van der Waals surface area contributed by atoms with E-state index in [4.69, 9.17) is 14.7 Å². The molecule has 1 aromatic carbocycles. The highest BCUT2D eigenvalue weighted by Crippen LogP contribution is 2.18. The van der Waals surface area contributed by atoms with Gasteiger partial charge in [-0.3, -0.25) is 4.79 Å². The van der Waals surface area contributed by atoms with E-state index in [1.54, 1.807) is 38.1 Å². The molecule has 1 rings (SSSR count). The third kappa shape index (κ3) is 4.15. The number of carbonyl (C=O) groups excluding carboxylic acids is 1. The highest BCUT2D eigenvalue weighted by atomic mass is 16.5. The Balaban J connectivity index is 2.59. The van der Waals surface area contributed by atoms with Crippen LogP contribution in [0.2, 0.25) is 0 Å². The maximum Gasteiger partial charge on any atom is 0.309 e. The topological polar surface area (TPSA) is 59.3 Å². The molecule has 0 aliphatic rings. The molecule has 4 nitrogen and oxygen atoms in total. The number of hydrogen-bond acceptors (Lipinski definition) is 4. The molecular formula is C13H15NO3. The Hall–Kier alpha value is -2.02. The fraction of sp³-hybridized carbons (Fsp3) is 0.385. The Kier molecular flexibility index (Phi) is 5.02. The minimum Gasteiger partial charge on any atom is -0.489 e. The molecule has 90 valence electrons. The summed E-state index contributed by atoms with van der Waals surface area (Å²) >= 11 is 0. The Morgan fingerprint density at radius 3 is 2.82 bits per heavy atom. The van der Waals surface area contributed by atoms with Crippen LogP contribution in [0, 0.1) is 11.3 Å². The maximum atomic E-state index is 11.2. The van der Waals surface area contributed by atoms with Gasteiger partial charge in [0.15, 0.2) is 0 Å². The summed E-state index contributed by atoms with van der Waals surface area (Å²) in [6.07, 6.45) is -0.142. The van der Waals surface area contributed by atoms with E-state index < -0.39 is 0 Å². The Labute approximate surface area is 101 Å². The average Bonchev–Trinajstić information content (AvgIpc) is 2.29. The smallest absolute Gasteiger partial charge is 0.309 e. The van der Waals surface area contributed by atoms with Crippen molar-refractivity contribution in [2.45, 2.75) is 26.4 Å². The van der Waals surface area contributed by atoms with Gasteiger partial charge in [0.05, 0.1) is 18.6 Å². The van der Waals surface area contributed by atoms with Crippen LogP contribution in [0.3, 0.4) is 0 Å². The van der Waals surface area contributed by atoms with Gasteiger partial charge >= 0.3 is 5.97 Å². The molecule has 1 aromatic rings. The molecule has 0 fully saturated rings. The molecule has 1 unspecified atom stereocenters. The molecule has 0 saturated carbocycles. The summed E-state index contributed by atoms with van der Waals surface area (Å²) in [6.45, 7) is 3.89. The van der Waals surface area contributed by atoms with E-state index in [2.05, 4.69) is 0 Å². The molecule has 17 heavy (non-hydrogen) atoms. The van der Waals surface area contributed by atoms with Crippen LogP contribution in [0.4, 0.5) is 0 Å². The lowest BCUT2D eigenvalue weighted by atomic mass is 10.2. The number of rotatable bonds is 5. The van der Waals surface area contributed by atoms with Gasteiger partial charge in [0, 0.05) is 0 Å². The van der Waals surface area contributed by atoms with Crippen molar-refractivity contribution in [2.24, 2.45) is 0 Å². The molecule has 1 atom stereocenters. The molecule has 4 heteroatoms. The summed E-state index contributed by atoms with van der Waals surface area (Å²) in [6, 6.07) is 8.97. The van der Waals surface area contributed by atoms with Gasteiger partial charge in [-0.2, -0.15) is 5.26 Å². The Morgan fingerprint density at radius 2 is 2.18 bits per heavy atom. The van der Waals surface area contributed by atoms with Crippen molar-refractivity contribution in [3.05, 3.63) is 29.8 Å². The molecule has 0 saturated heterocycles. The van der Waals surface area contributed by atoms with Crippen molar-refractivity contribution in [1.29, 1.82) is 5.26 Å². The summed E-state index contributed by atoms with van der Waals surface area (Å²) < 4.78 is 10.4. The molecule has 0 bridgehead atoms. The zero-order chi connectivity index (χ0) is 12.7. The first-order valence-corrected chi connectivity index (χ1v) is 5.48. The lowest BCUT2D eigenvalue weighted by Crippen LogP contribution is -2.19. The Bertz CT molecular complexity index is 423. The van der Waals surface area contributed by atoms with Crippen molar-refractivity contribution >= 4 is 5.97 Å². The molecule has 0 aliphatic heterocycles. The fourth-order valence-corrected chi connectivity index (χ4v) is 1.37. The predicted octanol–water partition coefficient (Wildman–Crippen LogP) is 2.28. The number of para-hydroxylation sites is 1. The predicted molar refractivity (Wildman–Crippen MR) is 62.5 cm³/mol. The van der Waals surface area contributed by atoms with Crippen molar-refractivity contribution in [1.82, 2.24) is 0 Å². The number of nitriles is 1. The number of esters is 1. The van der Waals surface area contributed by atoms with Gasteiger partial charge in [0.1, 0.15) is 17.9 Å². The van der Waals surface area contributed by atoms with Gasteiger partial charge in [0.25, 0.3) is 0 Å². The first-order valence-electron chi connectivity index (χ1n) is 5.48. The van der Waals surface area contributed by atoms with Crippen LogP contribution in [-0.2, 0) is 9.53 Å². The number of carbonyl (C=O) groups is 1. The zero-order valence-electron chi connectivity index (χ0n) is 9.97. The van der Waals surface area contributed by atoms with Crippen LogP contribution in [0.15, 0.2) is 24.3 Å². The number of nitrogens with zero attached hydrogens (tertiary/aromatic N) is 1. The van der Waals surface area contributed by atoms with E-state index in [1.807, 2.05) is 6.07 Å². The second-order valence-electron chi connectivity index (χ2n) is 3.55. The normalized spacial score (nSPS) is 11.4. The van der Waals surface area contributed by atoms with E-state index in [1.165, 1.54) is 0 Å². The lowest BCUT2D eigenvalue weighted by molar-refractivity contribution is -0.144. The molecule has 0 aromatic heterocycles. The Morgan fingerprint density at radius 1 is 1.47 bits per heavy atom. The van der Waals surface area contributed by atoms with Crippen LogP contribution >= 0.6 is 0 Å². The van der Waals surface area contributed by atoms with Crippen molar-refractivity contribution < 1.29 is 14.3 Å². The summed E-state index contributed by atoms with van der Waals surface area (Å²) in [5, 5.41) is 8.88.